The summed E-state index contributed by atoms with van der Waals surface area (Å²) in [5, 5.41) is 9.89. The van der Waals surface area contributed by atoms with Gasteiger partial charge >= 0.3 is 0 Å². The van der Waals surface area contributed by atoms with E-state index in [-0.39, 0.29) is 12.2 Å². The highest BCUT2D eigenvalue weighted by Gasteiger charge is 2.09. The van der Waals surface area contributed by atoms with Crippen molar-refractivity contribution in [1.29, 1.82) is 0 Å². The Morgan fingerprint density at radius 2 is 1.74 bits per heavy atom. The van der Waals surface area contributed by atoms with Crippen LogP contribution in [-0.2, 0) is 6.54 Å². The number of unbranched alkanes of at least 4 members (excludes halogenated alkanes) is 3. The topological polar surface area (TPSA) is 51.5 Å². The molecule has 0 aliphatic rings. The fraction of sp³-hybridized carbons (Fsp3) is 0.348. The Labute approximate surface area is 160 Å². The van der Waals surface area contributed by atoms with Crippen LogP contribution in [0.4, 0.5) is 0 Å². The van der Waals surface area contributed by atoms with Gasteiger partial charge < -0.3 is 14.4 Å². The van der Waals surface area contributed by atoms with Gasteiger partial charge in [0, 0.05) is 24.1 Å². The lowest BCUT2D eigenvalue weighted by atomic mass is 10.1. The first-order chi connectivity index (χ1) is 13.2. The van der Waals surface area contributed by atoms with Crippen LogP contribution in [0.3, 0.4) is 0 Å². The molecule has 2 aromatic carbocycles. The molecule has 0 fully saturated rings. The zero-order valence-corrected chi connectivity index (χ0v) is 15.9. The fourth-order valence-electron chi connectivity index (χ4n) is 3.30. The molecule has 1 aromatic heterocycles. The molecule has 0 atom stereocenters. The number of ether oxygens (including phenoxy) is 1. The van der Waals surface area contributed by atoms with Crippen molar-refractivity contribution in [3.63, 3.8) is 0 Å². The van der Waals surface area contributed by atoms with Gasteiger partial charge in [0.15, 0.2) is 0 Å². The van der Waals surface area contributed by atoms with Crippen LogP contribution in [0.2, 0.25) is 0 Å². The normalized spacial score (nSPS) is 11.0. The zero-order chi connectivity index (χ0) is 19.1. The van der Waals surface area contributed by atoms with Gasteiger partial charge in [-0.1, -0.05) is 36.8 Å². The van der Waals surface area contributed by atoms with Crippen molar-refractivity contribution in [2.75, 3.05) is 13.2 Å². The summed E-state index contributed by atoms with van der Waals surface area (Å²) < 4.78 is 7.71. The summed E-state index contributed by atoms with van der Waals surface area (Å²) in [6.07, 6.45) is 3.88. The van der Waals surface area contributed by atoms with Crippen molar-refractivity contribution in [2.24, 2.45) is 0 Å². The summed E-state index contributed by atoms with van der Waals surface area (Å²) in [4.78, 5) is 12.6. The minimum Gasteiger partial charge on any atom is -0.494 e. The Bertz CT molecular complexity index is 932. The molecule has 0 amide bonds. The molecule has 0 bridgehead atoms. The third kappa shape index (κ3) is 4.98. The van der Waals surface area contributed by atoms with Crippen molar-refractivity contribution in [1.82, 2.24) is 4.57 Å². The predicted molar refractivity (Wildman–Crippen MR) is 110 cm³/mol. The minimum absolute atomic E-state index is 0.00464. The van der Waals surface area contributed by atoms with Crippen LogP contribution in [0.25, 0.3) is 10.9 Å². The van der Waals surface area contributed by atoms with Crippen molar-refractivity contribution in [2.45, 2.75) is 39.2 Å². The lowest BCUT2D eigenvalue weighted by Gasteiger charge is -2.14. The summed E-state index contributed by atoms with van der Waals surface area (Å²) in [6.45, 7) is 3.41. The predicted octanol–water partition coefficient (Wildman–Crippen LogP) is 4.29. The second-order valence-electron chi connectivity index (χ2n) is 6.90. The smallest absolute Gasteiger partial charge is 0.251 e. The van der Waals surface area contributed by atoms with Gasteiger partial charge in [0.05, 0.1) is 18.7 Å². The first kappa shape index (κ1) is 19.2. The molecule has 27 heavy (non-hydrogen) atoms. The fourth-order valence-corrected chi connectivity index (χ4v) is 3.30. The molecule has 3 aromatic rings. The van der Waals surface area contributed by atoms with E-state index < -0.39 is 0 Å². The van der Waals surface area contributed by atoms with Crippen molar-refractivity contribution < 1.29 is 9.84 Å². The van der Waals surface area contributed by atoms with Gasteiger partial charge in [-0.15, -0.1) is 0 Å². The maximum absolute atomic E-state index is 12.6. The largest absolute Gasteiger partial charge is 0.494 e. The van der Waals surface area contributed by atoms with E-state index in [9.17, 15) is 4.79 Å². The standard InChI is InChI=1S/C23H27NO3/c1-18-15-23(26)24(17-19-9-5-4-6-10-19)22-16-20(11-12-21(18)22)27-14-8-3-2-7-13-25/h4-6,9-12,15-16,25H,2-3,7-8,13-14,17H2,1H3. The van der Waals surface area contributed by atoms with Gasteiger partial charge in [-0.2, -0.15) is 0 Å². The van der Waals surface area contributed by atoms with Crippen molar-refractivity contribution in [3.05, 3.63) is 76.1 Å². The average molecular weight is 365 g/mol. The van der Waals surface area contributed by atoms with Gasteiger partial charge in [-0.25, -0.2) is 0 Å². The third-order valence-electron chi connectivity index (χ3n) is 4.80. The molecule has 0 aliphatic heterocycles. The van der Waals surface area contributed by atoms with E-state index in [1.165, 1.54) is 0 Å². The Morgan fingerprint density at radius 1 is 0.963 bits per heavy atom. The molecule has 0 unspecified atom stereocenters. The maximum Gasteiger partial charge on any atom is 0.251 e. The van der Waals surface area contributed by atoms with Crippen LogP contribution < -0.4 is 10.3 Å². The van der Waals surface area contributed by atoms with E-state index in [0.29, 0.717) is 13.2 Å². The first-order valence-electron chi connectivity index (χ1n) is 9.61. The molecule has 142 valence electrons. The summed E-state index contributed by atoms with van der Waals surface area (Å²) in [5.74, 6) is 0.788. The van der Waals surface area contributed by atoms with Crippen molar-refractivity contribution >= 4 is 10.9 Å². The highest BCUT2D eigenvalue weighted by molar-refractivity contribution is 5.83. The minimum atomic E-state index is 0.00464. The van der Waals surface area contributed by atoms with E-state index in [4.69, 9.17) is 9.84 Å². The number of aromatic nitrogens is 1. The number of hydrogen-bond donors (Lipinski definition) is 1. The van der Waals surface area contributed by atoms with Crippen LogP contribution in [0.15, 0.2) is 59.4 Å². The van der Waals surface area contributed by atoms with E-state index >= 15 is 0 Å². The summed E-state index contributed by atoms with van der Waals surface area (Å²) >= 11 is 0. The Morgan fingerprint density at radius 3 is 2.52 bits per heavy atom. The SMILES string of the molecule is Cc1cc(=O)n(Cc2ccccc2)c2cc(OCCCCCCO)ccc12. The lowest BCUT2D eigenvalue weighted by Crippen LogP contribution is -2.21. The molecular weight excluding hydrogens is 338 g/mol. The van der Waals surface area contributed by atoms with E-state index in [2.05, 4.69) is 0 Å². The number of pyridine rings is 1. The van der Waals surface area contributed by atoms with Crippen LogP contribution >= 0.6 is 0 Å². The van der Waals surface area contributed by atoms with E-state index in [1.807, 2.05) is 60.0 Å². The molecule has 3 rings (SSSR count). The molecule has 0 aliphatic carbocycles. The lowest BCUT2D eigenvalue weighted by molar-refractivity contribution is 0.273. The summed E-state index contributed by atoms with van der Waals surface area (Å²) in [5.41, 5.74) is 2.99. The van der Waals surface area contributed by atoms with Gasteiger partial charge in [-0.05, 0) is 49.4 Å². The van der Waals surface area contributed by atoms with Gasteiger partial charge in [-0.3, -0.25) is 4.79 Å². The van der Waals surface area contributed by atoms with Crippen LogP contribution in [-0.4, -0.2) is 22.9 Å². The molecule has 0 saturated carbocycles. The number of hydrogen-bond acceptors (Lipinski definition) is 3. The molecule has 0 saturated heterocycles. The molecule has 0 radical (unpaired) electrons. The third-order valence-corrected chi connectivity index (χ3v) is 4.80. The number of aliphatic hydroxyl groups excluding tert-OH is 1. The molecule has 4 heteroatoms. The highest BCUT2D eigenvalue weighted by atomic mass is 16.5. The van der Waals surface area contributed by atoms with Gasteiger partial charge in [0.1, 0.15) is 5.75 Å². The zero-order valence-electron chi connectivity index (χ0n) is 15.9. The Kier molecular flexibility index (Phi) is 6.66. The average Bonchev–Trinajstić information content (AvgIpc) is 2.68. The Hall–Kier alpha value is -2.59. The summed E-state index contributed by atoms with van der Waals surface area (Å²) in [7, 11) is 0. The molecule has 1 N–H and O–H groups in total. The highest BCUT2D eigenvalue weighted by Crippen LogP contribution is 2.23. The van der Waals surface area contributed by atoms with Crippen LogP contribution in [0, 0.1) is 6.92 Å². The number of benzene rings is 2. The number of aliphatic hydroxyl groups is 1. The number of nitrogens with zero attached hydrogens (tertiary/aromatic N) is 1. The maximum atomic E-state index is 12.6. The molecular formula is C23H27NO3. The quantitative estimate of drug-likeness (QED) is 0.576. The monoisotopic (exact) mass is 365 g/mol. The molecule has 4 nitrogen and oxygen atoms in total. The van der Waals surface area contributed by atoms with Gasteiger partial charge in [0.25, 0.3) is 5.56 Å². The second kappa shape index (κ2) is 9.38. The molecule has 1 heterocycles. The second-order valence-corrected chi connectivity index (χ2v) is 6.90. The number of aryl methyl sites for hydroxylation is 1. The number of rotatable bonds is 9. The van der Waals surface area contributed by atoms with Crippen molar-refractivity contribution in [3.8, 4) is 5.75 Å². The first-order valence-corrected chi connectivity index (χ1v) is 9.61. The number of fused-ring (bicyclic) bond motifs is 1. The van der Waals surface area contributed by atoms with Gasteiger partial charge in [0.2, 0.25) is 0 Å². The molecule has 0 spiro atoms. The van der Waals surface area contributed by atoms with E-state index in [0.717, 1.165) is 53.5 Å². The van der Waals surface area contributed by atoms with E-state index in [1.54, 1.807) is 6.07 Å². The Balaban J connectivity index is 1.82. The van der Waals surface area contributed by atoms with Crippen LogP contribution in [0.1, 0.15) is 36.8 Å². The van der Waals surface area contributed by atoms with Crippen LogP contribution in [0.5, 0.6) is 5.75 Å². The summed E-state index contributed by atoms with van der Waals surface area (Å²) in [6, 6.07) is 17.7.